The minimum Gasteiger partial charge on any atom is -0.0622 e. The van der Waals surface area contributed by atoms with E-state index in [2.05, 4.69) is 182 Å². The first-order chi connectivity index (χ1) is 22.8. The molecule has 0 heteroatoms. The maximum atomic E-state index is 2.39. The molecule has 0 aliphatic carbocycles. The number of rotatable bonds is 4. The van der Waals surface area contributed by atoms with Gasteiger partial charge in [-0.25, -0.2) is 0 Å². The SMILES string of the molecule is c1ccc(-c2ccc3cc(-c4c5ccccc5c(-c5cc6ccccc6cc5-c5ccccc5)c5ccccc45)ccc3c2)cc1. The Bertz CT molecular complexity index is 2500. The van der Waals surface area contributed by atoms with Crippen molar-refractivity contribution in [1.29, 1.82) is 0 Å². The van der Waals surface area contributed by atoms with Crippen molar-refractivity contribution in [3.63, 3.8) is 0 Å². The molecule has 0 radical (unpaired) electrons. The maximum absolute atomic E-state index is 2.39. The second-order valence-corrected chi connectivity index (χ2v) is 12.1. The van der Waals surface area contributed by atoms with E-state index < -0.39 is 0 Å². The van der Waals surface area contributed by atoms with Crippen molar-refractivity contribution in [2.24, 2.45) is 0 Å². The zero-order valence-corrected chi connectivity index (χ0v) is 25.3. The Balaban J connectivity index is 1.32. The van der Waals surface area contributed by atoms with Crippen molar-refractivity contribution >= 4 is 43.1 Å². The third kappa shape index (κ3) is 4.38. The molecule has 0 bridgehead atoms. The quantitative estimate of drug-likeness (QED) is 0.181. The lowest BCUT2D eigenvalue weighted by Crippen LogP contribution is -1.93. The van der Waals surface area contributed by atoms with Crippen LogP contribution in [0.15, 0.2) is 182 Å². The second kappa shape index (κ2) is 10.9. The minimum atomic E-state index is 1.23. The molecule has 0 spiro atoms. The Morgan fingerprint density at radius 2 is 0.630 bits per heavy atom. The molecule has 0 heterocycles. The number of benzene rings is 9. The van der Waals surface area contributed by atoms with Crippen LogP contribution in [0, 0.1) is 0 Å². The van der Waals surface area contributed by atoms with E-state index in [1.165, 1.54) is 87.6 Å². The molecule has 0 fully saturated rings. The maximum Gasteiger partial charge on any atom is -0.00199 e. The topological polar surface area (TPSA) is 0 Å². The molecule has 0 saturated carbocycles. The molecular weight excluding hydrogens is 553 g/mol. The van der Waals surface area contributed by atoms with Gasteiger partial charge in [-0.2, -0.15) is 0 Å². The molecule has 0 unspecified atom stereocenters. The van der Waals surface area contributed by atoms with Crippen LogP contribution in [0.1, 0.15) is 0 Å². The van der Waals surface area contributed by atoms with E-state index in [-0.39, 0.29) is 0 Å². The van der Waals surface area contributed by atoms with Gasteiger partial charge >= 0.3 is 0 Å². The zero-order valence-electron chi connectivity index (χ0n) is 25.3. The summed E-state index contributed by atoms with van der Waals surface area (Å²) in [4.78, 5) is 0. The minimum absolute atomic E-state index is 1.23. The summed E-state index contributed by atoms with van der Waals surface area (Å²) < 4.78 is 0. The summed E-state index contributed by atoms with van der Waals surface area (Å²) in [5.74, 6) is 0. The van der Waals surface area contributed by atoms with Gasteiger partial charge in [-0.05, 0) is 112 Å². The number of hydrogen-bond donors (Lipinski definition) is 0. The van der Waals surface area contributed by atoms with Crippen LogP contribution in [0.2, 0.25) is 0 Å². The van der Waals surface area contributed by atoms with Crippen LogP contribution in [0.3, 0.4) is 0 Å². The Hall–Kier alpha value is -5.98. The van der Waals surface area contributed by atoms with Crippen LogP contribution in [0.25, 0.3) is 87.6 Å². The number of fused-ring (bicyclic) bond motifs is 4. The van der Waals surface area contributed by atoms with Gasteiger partial charge in [0, 0.05) is 0 Å². The Morgan fingerprint density at radius 1 is 0.217 bits per heavy atom. The molecule has 46 heavy (non-hydrogen) atoms. The van der Waals surface area contributed by atoms with Gasteiger partial charge in [-0.1, -0.05) is 158 Å². The summed E-state index contributed by atoms with van der Waals surface area (Å²) in [6.07, 6.45) is 0. The normalized spacial score (nSPS) is 11.5. The van der Waals surface area contributed by atoms with Crippen molar-refractivity contribution in [1.82, 2.24) is 0 Å². The van der Waals surface area contributed by atoms with E-state index in [4.69, 9.17) is 0 Å². The van der Waals surface area contributed by atoms with Crippen molar-refractivity contribution in [3.05, 3.63) is 182 Å². The molecule has 0 atom stereocenters. The van der Waals surface area contributed by atoms with Crippen LogP contribution in [-0.4, -0.2) is 0 Å². The molecule has 0 N–H and O–H groups in total. The van der Waals surface area contributed by atoms with Gasteiger partial charge in [0.05, 0.1) is 0 Å². The third-order valence-corrected chi connectivity index (χ3v) is 9.41. The zero-order chi connectivity index (χ0) is 30.5. The highest BCUT2D eigenvalue weighted by molar-refractivity contribution is 6.23. The predicted molar refractivity (Wildman–Crippen MR) is 198 cm³/mol. The predicted octanol–water partition coefficient (Wildman–Crippen LogP) is 13.0. The van der Waals surface area contributed by atoms with E-state index in [1.807, 2.05) is 0 Å². The second-order valence-electron chi connectivity index (χ2n) is 12.1. The standard InChI is InChI=1S/C46H30/c1-3-13-31(14-4-1)35-23-24-37-28-38(26-25-36(37)27-35)45-39-19-9-11-21-41(39)46(42-22-12-10-20-40(42)45)44-30-34-18-8-7-17-33(34)29-43(44)32-15-5-2-6-16-32/h1-30H. The molecule has 9 rings (SSSR count). The average Bonchev–Trinajstić information content (AvgIpc) is 3.13. The van der Waals surface area contributed by atoms with E-state index in [9.17, 15) is 0 Å². The molecule has 214 valence electrons. The molecule has 9 aromatic rings. The molecule has 0 aliphatic heterocycles. The Labute approximate surface area is 268 Å². The number of hydrogen-bond acceptors (Lipinski definition) is 0. The summed E-state index contributed by atoms with van der Waals surface area (Å²) in [5.41, 5.74) is 10.0. The van der Waals surface area contributed by atoms with E-state index >= 15 is 0 Å². The fourth-order valence-electron chi connectivity index (χ4n) is 7.24. The fourth-order valence-corrected chi connectivity index (χ4v) is 7.24. The summed E-state index contributed by atoms with van der Waals surface area (Å²) in [6.45, 7) is 0. The average molecular weight is 583 g/mol. The highest BCUT2D eigenvalue weighted by atomic mass is 14.2. The first-order valence-electron chi connectivity index (χ1n) is 15.9. The molecular formula is C46H30. The van der Waals surface area contributed by atoms with Gasteiger partial charge < -0.3 is 0 Å². The third-order valence-electron chi connectivity index (χ3n) is 9.41. The van der Waals surface area contributed by atoms with E-state index in [0.717, 1.165) is 0 Å². The largest absolute Gasteiger partial charge is 0.0622 e. The molecule has 0 nitrogen and oxygen atoms in total. The Morgan fingerprint density at radius 3 is 1.22 bits per heavy atom. The van der Waals surface area contributed by atoms with Gasteiger partial charge in [0.25, 0.3) is 0 Å². The summed E-state index contributed by atoms with van der Waals surface area (Å²) >= 11 is 0. The smallest absolute Gasteiger partial charge is 0.00199 e. The van der Waals surface area contributed by atoms with E-state index in [0.29, 0.717) is 0 Å². The molecule has 0 aliphatic rings. The van der Waals surface area contributed by atoms with Crippen LogP contribution >= 0.6 is 0 Å². The lowest BCUT2D eigenvalue weighted by atomic mass is 9.83. The molecule has 0 amide bonds. The monoisotopic (exact) mass is 582 g/mol. The molecule has 0 aromatic heterocycles. The van der Waals surface area contributed by atoms with Crippen molar-refractivity contribution < 1.29 is 0 Å². The first kappa shape index (κ1) is 26.4. The van der Waals surface area contributed by atoms with Crippen LogP contribution < -0.4 is 0 Å². The highest BCUT2D eigenvalue weighted by Gasteiger charge is 2.19. The lowest BCUT2D eigenvalue weighted by molar-refractivity contribution is 1.63. The van der Waals surface area contributed by atoms with Gasteiger partial charge in [0.15, 0.2) is 0 Å². The molecule has 0 saturated heterocycles. The lowest BCUT2D eigenvalue weighted by Gasteiger charge is -2.20. The van der Waals surface area contributed by atoms with Gasteiger partial charge in [-0.3, -0.25) is 0 Å². The van der Waals surface area contributed by atoms with Crippen molar-refractivity contribution in [2.45, 2.75) is 0 Å². The summed E-state index contributed by atoms with van der Waals surface area (Å²) in [7, 11) is 0. The molecule has 9 aromatic carbocycles. The highest BCUT2D eigenvalue weighted by Crippen LogP contribution is 2.47. The fraction of sp³-hybridized carbons (Fsp3) is 0. The van der Waals surface area contributed by atoms with Crippen LogP contribution in [0.5, 0.6) is 0 Å². The van der Waals surface area contributed by atoms with Crippen LogP contribution in [-0.2, 0) is 0 Å². The summed E-state index contributed by atoms with van der Waals surface area (Å²) in [5, 5.41) is 10.1. The van der Waals surface area contributed by atoms with Gasteiger partial charge in [0.1, 0.15) is 0 Å². The summed E-state index contributed by atoms with van der Waals surface area (Å²) in [6, 6.07) is 66.6. The first-order valence-corrected chi connectivity index (χ1v) is 15.9. The van der Waals surface area contributed by atoms with E-state index in [1.54, 1.807) is 0 Å². The van der Waals surface area contributed by atoms with Crippen molar-refractivity contribution in [2.75, 3.05) is 0 Å². The van der Waals surface area contributed by atoms with Crippen LogP contribution in [0.4, 0.5) is 0 Å². The van der Waals surface area contributed by atoms with Crippen molar-refractivity contribution in [3.8, 4) is 44.5 Å². The Kier molecular flexibility index (Phi) is 6.25. The van der Waals surface area contributed by atoms with Gasteiger partial charge in [0.2, 0.25) is 0 Å². The van der Waals surface area contributed by atoms with Gasteiger partial charge in [-0.15, -0.1) is 0 Å².